The second-order valence-electron chi connectivity index (χ2n) is 7.25. The van der Waals surface area contributed by atoms with Gasteiger partial charge < -0.3 is 31.5 Å². The largest absolute Gasteiger partial charge is 0.480 e. The Morgan fingerprint density at radius 1 is 1.11 bits per heavy atom. The molecule has 10 nitrogen and oxygen atoms in total. The molecule has 5 unspecified atom stereocenters. The lowest BCUT2D eigenvalue weighted by Crippen LogP contribution is -2.57. The molecule has 10 heteroatoms. The van der Waals surface area contributed by atoms with Gasteiger partial charge in [0.25, 0.3) is 0 Å². The van der Waals surface area contributed by atoms with Crippen molar-refractivity contribution in [2.45, 2.75) is 70.8 Å². The van der Waals surface area contributed by atoms with Gasteiger partial charge in [-0.15, -0.1) is 0 Å². The molecule has 1 rings (SSSR count). The standard InChI is InChI=1S/C17H30N4O6/c1-8(2)13(17(26)27)20-14(23)9(3)19-15(24)11-6-5-7-21(11)16(25)12(18)10(4)22/h8-13,22H,5-7,18H2,1-4H3,(H,19,24)(H,20,23)(H,26,27). The predicted molar refractivity (Wildman–Crippen MR) is 96.4 cm³/mol. The quantitative estimate of drug-likeness (QED) is 0.336. The van der Waals surface area contributed by atoms with Gasteiger partial charge in [-0.05, 0) is 32.6 Å². The number of carboxylic acids is 1. The molecule has 27 heavy (non-hydrogen) atoms. The number of nitrogens with two attached hydrogens (primary N) is 1. The van der Waals surface area contributed by atoms with Gasteiger partial charge in [0, 0.05) is 6.54 Å². The van der Waals surface area contributed by atoms with Crippen molar-refractivity contribution < 1.29 is 29.4 Å². The van der Waals surface area contributed by atoms with Gasteiger partial charge in [-0.3, -0.25) is 14.4 Å². The maximum Gasteiger partial charge on any atom is 0.326 e. The first-order chi connectivity index (χ1) is 12.5. The molecule has 0 bridgehead atoms. The van der Waals surface area contributed by atoms with Gasteiger partial charge in [0.15, 0.2) is 0 Å². The average molecular weight is 386 g/mol. The van der Waals surface area contributed by atoms with E-state index in [-0.39, 0.29) is 5.92 Å². The van der Waals surface area contributed by atoms with E-state index in [1.807, 2.05) is 0 Å². The zero-order chi connectivity index (χ0) is 20.9. The van der Waals surface area contributed by atoms with E-state index in [1.54, 1.807) is 13.8 Å². The van der Waals surface area contributed by atoms with Crippen LogP contribution in [0.2, 0.25) is 0 Å². The highest BCUT2D eigenvalue weighted by molar-refractivity contribution is 5.94. The van der Waals surface area contributed by atoms with Crippen LogP contribution in [0.4, 0.5) is 0 Å². The van der Waals surface area contributed by atoms with Crippen molar-refractivity contribution in [1.29, 1.82) is 0 Å². The zero-order valence-electron chi connectivity index (χ0n) is 16.1. The number of carbonyl (C=O) groups is 4. The second-order valence-corrected chi connectivity index (χ2v) is 7.25. The number of aliphatic carboxylic acids is 1. The van der Waals surface area contributed by atoms with Crippen molar-refractivity contribution in [3.8, 4) is 0 Å². The smallest absolute Gasteiger partial charge is 0.326 e. The highest BCUT2D eigenvalue weighted by atomic mass is 16.4. The molecule has 1 aliphatic rings. The predicted octanol–water partition coefficient (Wildman–Crippen LogP) is -1.58. The number of carboxylic acid groups (broad SMARTS) is 1. The number of hydrogen-bond donors (Lipinski definition) is 5. The number of nitrogens with zero attached hydrogens (tertiary/aromatic N) is 1. The van der Waals surface area contributed by atoms with Crippen LogP contribution >= 0.6 is 0 Å². The lowest BCUT2D eigenvalue weighted by Gasteiger charge is -2.28. The lowest BCUT2D eigenvalue weighted by molar-refractivity contribution is -0.144. The van der Waals surface area contributed by atoms with E-state index in [0.29, 0.717) is 19.4 Å². The minimum absolute atomic E-state index is 0.320. The summed E-state index contributed by atoms with van der Waals surface area (Å²) in [7, 11) is 0. The number of carbonyl (C=O) groups excluding carboxylic acids is 3. The summed E-state index contributed by atoms with van der Waals surface area (Å²) in [6.07, 6.45) is -0.0244. The fourth-order valence-corrected chi connectivity index (χ4v) is 2.87. The summed E-state index contributed by atoms with van der Waals surface area (Å²) in [5.41, 5.74) is 5.67. The Labute approximate surface area is 158 Å². The molecule has 154 valence electrons. The van der Waals surface area contributed by atoms with Gasteiger partial charge in [-0.1, -0.05) is 13.8 Å². The third kappa shape index (κ3) is 5.90. The van der Waals surface area contributed by atoms with Gasteiger partial charge in [0.05, 0.1) is 6.10 Å². The first-order valence-electron chi connectivity index (χ1n) is 9.05. The number of aliphatic hydroxyl groups excluding tert-OH is 1. The van der Waals surface area contributed by atoms with E-state index in [2.05, 4.69) is 10.6 Å². The molecule has 1 saturated heterocycles. The van der Waals surface area contributed by atoms with Gasteiger partial charge in [0.1, 0.15) is 24.2 Å². The van der Waals surface area contributed by atoms with Gasteiger partial charge >= 0.3 is 5.97 Å². The van der Waals surface area contributed by atoms with Crippen LogP contribution in [0, 0.1) is 5.92 Å². The van der Waals surface area contributed by atoms with E-state index in [9.17, 15) is 24.3 Å². The van der Waals surface area contributed by atoms with E-state index in [0.717, 1.165) is 0 Å². The Morgan fingerprint density at radius 3 is 2.19 bits per heavy atom. The number of nitrogens with one attached hydrogen (secondary N) is 2. The monoisotopic (exact) mass is 386 g/mol. The second kappa shape index (κ2) is 9.65. The first kappa shape index (κ1) is 22.8. The fourth-order valence-electron chi connectivity index (χ4n) is 2.87. The molecule has 1 fully saturated rings. The minimum atomic E-state index is -1.16. The lowest BCUT2D eigenvalue weighted by atomic mass is 10.0. The summed E-state index contributed by atoms with van der Waals surface area (Å²) < 4.78 is 0. The molecule has 0 saturated carbocycles. The molecule has 5 atom stereocenters. The fraction of sp³-hybridized carbons (Fsp3) is 0.765. The van der Waals surface area contributed by atoms with Gasteiger partial charge in [0.2, 0.25) is 17.7 Å². The van der Waals surface area contributed by atoms with Crippen molar-refractivity contribution in [3.63, 3.8) is 0 Å². The summed E-state index contributed by atoms with van der Waals surface area (Å²) in [5.74, 6) is -3.14. The molecule has 6 N–H and O–H groups in total. The summed E-state index contributed by atoms with van der Waals surface area (Å²) >= 11 is 0. The molecule has 0 spiro atoms. The van der Waals surface area contributed by atoms with Crippen LogP contribution in [0.25, 0.3) is 0 Å². The Balaban J connectivity index is 2.72. The molecule has 0 aromatic heterocycles. The average Bonchev–Trinajstić information content (AvgIpc) is 3.06. The van der Waals surface area contributed by atoms with E-state index >= 15 is 0 Å². The van der Waals surface area contributed by atoms with Crippen molar-refractivity contribution in [2.75, 3.05) is 6.54 Å². The molecule has 0 aliphatic carbocycles. The molecular weight excluding hydrogens is 356 g/mol. The Hall–Kier alpha value is -2.20. The molecule has 3 amide bonds. The zero-order valence-corrected chi connectivity index (χ0v) is 16.1. The SMILES string of the molecule is CC(NC(=O)C1CCCN1C(=O)C(N)C(C)O)C(=O)NC(C(=O)O)C(C)C. The summed E-state index contributed by atoms with van der Waals surface area (Å²) in [6, 6.07) is -3.94. The van der Waals surface area contributed by atoms with Crippen LogP contribution in [-0.4, -0.2) is 75.6 Å². The van der Waals surface area contributed by atoms with E-state index in [1.165, 1.54) is 18.7 Å². The van der Waals surface area contributed by atoms with Crippen molar-refractivity contribution in [3.05, 3.63) is 0 Å². The highest BCUT2D eigenvalue weighted by Gasteiger charge is 2.38. The molecule has 1 aliphatic heterocycles. The number of rotatable bonds is 8. The summed E-state index contributed by atoms with van der Waals surface area (Å²) in [4.78, 5) is 49.6. The van der Waals surface area contributed by atoms with E-state index < -0.39 is 54.0 Å². The molecule has 0 aromatic carbocycles. The molecule has 1 heterocycles. The van der Waals surface area contributed by atoms with Crippen LogP contribution in [0.3, 0.4) is 0 Å². The molecule has 0 aromatic rings. The minimum Gasteiger partial charge on any atom is -0.480 e. The molecule has 0 radical (unpaired) electrons. The number of hydrogen-bond acceptors (Lipinski definition) is 6. The van der Waals surface area contributed by atoms with Crippen LogP contribution in [0.1, 0.15) is 40.5 Å². The summed E-state index contributed by atoms with van der Waals surface area (Å²) in [5, 5.41) is 23.5. The Bertz CT molecular complexity index is 580. The number of amides is 3. The first-order valence-corrected chi connectivity index (χ1v) is 9.05. The van der Waals surface area contributed by atoms with E-state index in [4.69, 9.17) is 10.8 Å². The van der Waals surface area contributed by atoms with Crippen molar-refractivity contribution in [2.24, 2.45) is 11.7 Å². The summed E-state index contributed by atoms with van der Waals surface area (Å²) in [6.45, 7) is 6.50. The maximum absolute atomic E-state index is 12.5. The van der Waals surface area contributed by atoms with Gasteiger partial charge in [-0.25, -0.2) is 4.79 Å². The maximum atomic E-state index is 12.5. The van der Waals surface area contributed by atoms with Crippen LogP contribution in [0.15, 0.2) is 0 Å². The van der Waals surface area contributed by atoms with Crippen molar-refractivity contribution in [1.82, 2.24) is 15.5 Å². The van der Waals surface area contributed by atoms with Crippen LogP contribution in [0.5, 0.6) is 0 Å². The normalized spacial score (nSPS) is 21.3. The Kier molecular flexibility index (Phi) is 8.17. The topological polar surface area (TPSA) is 162 Å². The molecular formula is C17H30N4O6. The van der Waals surface area contributed by atoms with Crippen molar-refractivity contribution >= 4 is 23.7 Å². The number of likely N-dealkylation sites (tertiary alicyclic amines) is 1. The van der Waals surface area contributed by atoms with Crippen LogP contribution < -0.4 is 16.4 Å². The third-order valence-electron chi connectivity index (χ3n) is 4.63. The third-order valence-corrected chi connectivity index (χ3v) is 4.63. The number of aliphatic hydroxyl groups is 1. The van der Waals surface area contributed by atoms with Gasteiger partial charge in [-0.2, -0.15) is 0 Å². The van der Waals surface area contributed by atoms with Crippen LogP contribution in [-0.2, 0) is 19.2 Å². The Morgan fingerprint density at radius 2 is 1.70 bits per heavy atom. The highest BCUT2D eigenvalue weighted by Crippen LogP contribution is 2.19.